The summed E-state index contributed by atoms with van der Waals surface area (Å²) in [5.41, 5.74) is 1.04. The Morgan fingerprint density at radius 3 is 2.88 bits per heavy atom. The zero-order valence-electron chi connectivity index (χ0n) is 13.6. The van der Waals surface area contributed by atoms with Crippen LogP contribution in [0.25, 0.3) is 10.1 Å². The summed E-state index contributed by atoms with van der Waals surface area (Å²) in [6.45, 7) is 0.748. The zero-order chi connectivity index (χ0) is 17.4. The van der Waals surface area contributed by atoms with Crippen molar-refractivity contribution in [1.82, 2.24) is 4.90 Å². The monoisotopic (exact) mass is 433 g/mol. The van der Waals surface area contributed by atoms with Crippen molar-refractivity contribution < 1.29 is 9.53 Å². The molecule has 4 rings (SSSR count). The topological polar surface area (TPSA) is 29.5 Å². The molecule has 1 fully saturated rings. The number of nitrogens with zero attached hydrogens (tertiary/aromatic N) is 1. The summed E-state index contributed by atoms with van der Waals surface area (Å²) in [6, 6.07) is 16.1. The second-order valence-electron chi connectivity index (χ2n) is 5.76. The number of amides is 1. The maximum atomic E-state index is 13.2. The van der Waals surface area contributed by atoms with Crippen LogP contribution < -0.4 is 4.74 Å². The number of halogens is 1. The quantitative estimate of drug-likeness (QED) is 0.541. The molecule has 0 saturated carbocycles. The molecule has 1 aromatic heterocycles. The number of hydrogen-bond acceptors (Lipinski definition) is 4. The molecule has 25 heavy (non-hydrogen) atoms. The number of fused-ring (bicyclic) bond motifs is 1. The number of benzene rings is 2. The van der Waals surface area contributed by atoms with Crippen LogP contribution in [0.1, 0.15) is 20.6 Å². The van der Waals surface area contributed by atoms with E-state index in [2.05, 4.69) is 28.1 Å². The van der Waals surface area contributed by atoms with E-state index in [4.69, 9.17) is 4.74 Å². The Balaban J connectivity index is 1.69. The lowest BCUT2D eigenvalue weighted by Crippen LogP contribution is -2.30. The van der Waals surface area contributed by atoms with E-state index in [0.29, 0.717) is 0 Å². The van der Waals surface area contributed by atoms with Gasteiger partial charge in [0.25, 0.3) is 5.91 Å². The first-order valence-electron chi connectivity index (χ1n) is 7.92. The van der Waals surface area contributed by atoms with Crippen LogP contribution in [0.2, 0.25) is 0 Å². The van der Waals surface area contributed by atoms with Gasteiger partial charge < -0.3 is 9.64 Å². The van der Waals surface area contributed by atoms with Crippen LogP contribution in [-0.2, 0) is 0 Å². The standard InChI is InChI=1S/C19H16BrNO2S2/c1-23-15-7-6-13(20)11-14(15)19-21(8-9-24-19)18(22)17-10-12-4-2-3-5-16(12)25-17/h2-7,10-11,19H,8-9H2,1H3. The van der Waals surface area contributed by atoms with Crippen LogP contribution in [0.15, 0.2) is 53.0 Å². The third kappa shape index (κ3) is 3.18. The van der Waals surface area contributed by atoms with Crippen molar-refractivity contribution >= 4 is 55.0 Å². The molecule has 0 spiro atoms. The molecule has 2 heterocycles. The predicted octanol–water partition coefficient (Wildman–Crippen LogP) is 5.56. The fourth-order valence-corrected chi connectivity index (χ4v) is 5.73. The van der Waals surface area contributed by atoms with Gasteiger partial charge in [0.1, 0.15) is 11.1 Å². The highest BCUT2D eigenvalue weighted by molar-refractivity contribution is 9.10. The number of carbonyl (C=O) groups is 1. The van der Waals surface area contributed by atoms with Gasteiger partial charge in [-0.3, -0.25) is 4.79 Å². The van der Waals surface area contributed by atoms with E-state index >= 15 is 0 Å². The molecule has 3 nitrogen and oxygen atoms in total. The minimum atomic E-state index is -0.0230. The van der Waals surface area contributed by atoms with Gasteiger partial charge >= 0.3 is 0 Å². The van der Waals surface area contributed by atoms with E-state index < -0.39 is 0 Å². The van der Waals surface area contributed by atoms with Crippen LogP contribution in [0.4, 0.5) is 0 Å². The van der Waals surface area contributed by atoms with Gasteiger partial charge in [-0.15, -0.1) is 23.1 Å². The molecule has 0 radical (unpaired) electrons. The Morgan fingerprint density at radius 1 is 1.24 bits per heavy atom. The molecule has 1 aliphatic rings. The maximum absolute atomic E-state index is 13.2. The number of ether oxygens (including phenoxy) is 1. The molecule has 0 aliphatic carbocycles. The number of hydrogen-bond donors (Lipinski definition) is 0. The molecule has 0 bridgehead atoms. The summed E-state index contributed by atoms with van der Waals surface area (Å²) in [6.07, 6.45) is 0. The third-order valence-electron chi connectivity index (χ3n) is 4.25. The number of thiophene rings is 1. The average Bonchev–Trinajstić information content (AvgIpc) is 3.27. The molecule has 1 amide bonds. The lowest BCUT2D eigenvalue weighted by atomic mass is 10.1. The molecule has 1 saturated heterocycles. The van der Waals surface area contributed by atoms with E-state index in [1.54, 1.807) is 30.2 Å². The molecule has 128 valence electrons. The third-order valence-corrected chi connectivity index (χ3v) is 7.09. The Kier molecular flexibility index (Phi) is 4.75. The van der Waals surface area contributed by atoms with Crippen LogP contribution in [-0.4, -0.2) is 30.2 Å². The Hall–Kier alpha value is -1.50. The molecule has 0 N–H and O–H groups in total. The number of methoxy groups -OCH3 is 1. The van der Waals surface area contributed by atoms with E-state index in [9.17, 15) is 4.79 Å². The van der Waals surface area contributed by atoms with Gasteiger partial charge in [-0.1, -0.05) is 34.1 Å². The Morgan fingerprint density at radius 2 is 2.08 bits per heavy atom. The first kappa shape index (κ1) is 16.9. The molecule has 1 aliphatic heterocycles. The van der Waals surface area contributed by atoms with Crippen LogP contribution in [0, 0.1) is 0 Å². The van der Waals surface area contributed by atoms with Gasteiger partial charge in [0.2, 0.25) is 0 Å². The Bertz CT molecular complexity index is 907. The molecule has 1 unspecified atom stereocenters. The fraction of sp³-hybridized carbons (Fsp3) is 0.211. The number of rotatable bonds is 3. The smallest absolute Gasteiger partial charge is 0.265 e. The molecule has 2 aromatic carbocycles. The summed E-state index contributed by atoms with van der Waals surface area (Å²) < 4.78 is 7.66. The first-order valence-corrected chi connectivity index (χ1v) is 10.6. The van der Waals surface area contributed by atoms with Gasteiger partial charge in [0.05, 0.1) is 12.0 Å². The largest absolute Gasteiger partial charge is 0.496 e. The van der Waals surface area contributed by atoms with E-state index in [1.165, 1.54) is 0 Å². The van der Waals surface area contributed by atoms with Gasteiger partial charge in [0, 0.05) is 27.0 Å². The highest BCUT2D eigenvalue weighted by atomic mass is 79.9. The minimum absolute atomic E-state index is 0.0230. The van der Waals surface area contributed by atoms with E-state index in [1.807, 2.05) is 41.3 Å². The number of thioether (sulfide) groups is 1. The van der Waals surface area contributed by atoms with Crippen LogP contribution >= 0.6 is 39.0 Å². The molecular formula is C19H16BrNO2S2. The summed E-state index contributed by atoms with van der Waals surface area (Å²) >= 11 is 6.87. The average molecular weight is 434 g/mol. The first-order chi connectivity index (χ1) is 12.2. The van der Waals surface area contributed by atoms with Crippen molar-refractivity contribution in [2.45, 2.75) is 5.37 Å². The highest BCUT2D eigenvalue weighted by Gasteiger charge is 2.33. The maximum Gasteiger partial charge on any atom is 0.265 e. The lowest BCUT2D eigenvalue weighted by Gasteiger charge is -2.25. The van der Waals surface area contributed by atoms with E-state index in [-0.39, 0.29) is 11.3 Å². The summed E-state index contributed by atoms with van der Waals surface area (Å²) in [7, 11) is 1.67. The van der Waals surface area contributed by atoms with Gasteiger partial charge in [-0.25, -0.2) is 0 Å². The molecular weight excluding hydrogens is 418 g/mol. The lowest BCUT2D eigenvalue weighted by molar-refractivity contribution is 0.0764. The second kappa shape index (κ2) is 7.02. The van der Waals surface area contributed by atoms with Crippen molar-refractivity contribution in [3.63, 3.8) is 0 Å². The number of carbonyl (C=O) groups excluding carboxylic acids is 1. The van der Waals surface area contributed by atoms with Gasteiger partial charge in [0.15, 0.2) is 0 Å². The zero-order valence-corrected chi connectivity index (χ0v) is 16.8. The summed E-state index contributed by atoms with van der Waals surface area (Å²) in [5.74, 6) is 1.84. The van der Waals surface area contributed by atoms with Gasteiger partial charge in [-0.05, 0) is 35.7 Å². The van der Waals surface area contributed by atoms with E-state index in [0.717, 1.165) is 43.0 Å². The minimum Gasteiger partial charge on any atom is -0.496 e. The second-order valence-corrected chi connectivity index (χ2v) is 8.94. The van der Waals surface area contributed by atoms with Crippen LogP contribution in [0.3, 0.4) is 0 Å². The van der Waals surface area contributed by atoms with Crippen molar-refractivity contribution in [1.29, 1.82) is 0 Å². The van der Waals surface area contributed by atoms with Crippen molar-refractivity contribution in [2.24, 2.45) is 0 Å². The molecule has 6 heteroatoms. The summed E-state index contributed by atoms with van der Waals surface area (Å²) in [4.78, 5) is 15.9. The van der Waals surface area contributed by atoms with Crippen LogP contribution in [0.5, 0.6) is 5.75 Å². The SMILES string of the molecule is COc1ccc(Br)cc1C1SCCN1C(=O)c1cc2ccccc2s1. The van der Waals surface area contributed by atoms with Crippen molar-refractivity contribution in [3.05, 3.63) is 63.4 Å². The molecule has 1 atom stereocenters. The molecule has 3 aromatic rings. The summed E-state index contributed by atoms with van der Waals surface area (Å²) in [5, 5.41) is 1.10. The van der Waals surface area contributed by atoms with Gasteiger partial charge in [-0.2, -0.15) is 0 Å². The predicted molar refractivity (Wildman–Crippen MR) is 109 cm³/mol. The van der Waals surface area contributed by atoms with Crippen molar-refractivity contribution in [3.8, 4) is 5.75 Å². The highest BCUT2D eigenvalue weighted by Crippen LogP contribution is 2.44. The fourth-order valence-electron chi connectivity index (χ4n) is 3.06. The van der Waals surface area contributed by atoms with Crippen molar-refractivity contribution in [2.75, 3.05) is 19.4 Å². The Labute approximate surface area is 163 Å². The normalized spacial score (nSPS) is 17.2.